The molecule has 1 heterocycles. The molecule has 18 heavy (non-hydrogen) atoms. The number of benzene rings is 1. The number of thioether (sulfide) groups is 1. The fourth-order valence-electron chi connectivity index (χ4n) is 1.74. The Morgan fingerprint density at radius 1 is 1.56 bits per heavy atom. The lowest BCUT2D eigenvalue weighted by atomic mass is 9.97. The van der Waals surface area contributed by atoms with E-state index in [1.165, 1.54) is 6.07 Å². The average molecular weight is 287 g/mol. The Kier molecular flexibility index (Phi) is 4.17. The van der Waals surface area contributed by atoms with Gasteiger partial charge in [-0.2, -0.15) is 0 Å². The minimum Gasteiger partial charge on any atom is -0.331 e. The molecule has 1 N–H and O–H groups in total. The molecule has 0 saturated carbocycles. The lowest BCUT2D eigenvalue weighted by Crippen LogP contribution is -2.29. The van der Waals surface area contributed by atoms with E-state index in [0.29, 0.717) is 10.7 Å². The van der Waals surface area contributed by atoms with Crippen molar-refractivity contribution in [2.75, 3.05) is 11.1 Å². The molecule has 0 bridgehead atoms. The number of anilines is 1. The van der Waals surface area contributed by atoms with Gasteiger partial charge in [0.25, 0.3) is 0 Å². The van der Waals surface area contributed by atoms with Crippen LogP contribution in [0.2, 0.25) is 5.02 Å². The zero-order chi connectivity index (χ0) is 13.2. The third-order valence-corrected chi connectivity index (χ3v) is 4.40. The highest BCUT2D eigenvalue weighted by Crippen LogP contribution is 2.32. The molecule has 0 spiro atoms. The summed E-state index contributed by atoms with van der Waals surface area (Å²) in [7, 11) is 0. The molecule has 0 amide bonds. The molecule has 0 radical (unpaired) electrons. The van der Waals surface area contributed by atoms with Crippen LogP contribution in [-0.4, -0.2) is 16.5 Å². The fraction of sp³-hybridized carbons (Fsp3) is 0.462. The molecule has 2 rings (SSSR count). The molecule has 0 fully saturated rings. The van der Waals surface area contributed by atoms with Crippen molar-refractivity contribution in [2.45, 2.75) is 32.2 Å². The quantitative estimate of drug-likeness (QED) is 0.862. The molecule has 1 aromatic carbocycles. The van der Waals surface area contributed by atoms with Crippen LogP contribution in [0, 0.1) is 5.82 Å². The second kappa shape index (κ2) is 5.49. The molecule has 98 valence electrons. The number of aliphatic imine (C=N–C) groups is 1. The van der Waals surface area contributed by atoms with Gasteiger partial charge >= 0.3 is 0 Å². The van der Waals surface area contributed by atoms with Crippen molar-refractivity contribution < 1.29 is 4.39 Å². The normalized spacial score (nSPS) is 23.7. The minimum atomic E-state index is -0.352. The molecule has 5 heteroatoms. The predicted molar refractivity (Wildman–Crippen MR) is 78.2 cm³/mol. The van der Waals surface area contributed by atoms with Gasteiger partial charge in [0.15, 0.2) is 5.17 Å². The Balaban J connectivity index is 2.24. The number of para-hydroxylation sites is 1. The summed E-state index contributed by atoms with van der Waals surface area (Å²) in [6.07, 6.45) is 2.02. The fourth-order valence-corrected chi connectivity index (χ4v) is 3.15. The average Bonchev–Trinajstić information content (AvgIpc) is 2.34. The lowest BCUT2D eigenvalue weighted by Gasteiger charge is -2.29. The number of nitrogens with one attached hydrogen (secondary N) is 1. The Hall–Kier alpha value is -0.740. The van der Waals surface area contributed by atoms with Crippen LogP contribution in [0.1, 0.15) is 26.7 Å². The third-order valence-electron chi connectivity index (χ3n) is 3.21. The van der Waals surface area contributed by atoms with E-state index < -0.39 is 0 Å². The first-order chi connectivity index (χ1) is 8.54. The van der Waals surface area contributed by atoms with Crippen LogP contribution >= 0.6 is 23.4 Å². The number of rotatable bonds is 2. The van der Waals surface area contributed by atoms with Crippen LogP contribution in [0.4, 0.5) is 10.1 Å². The van der Waals surface area contributed by atoms with E-state index in [0.717, 1.165) is 23.8 Å². The summed E-state index contributed by atoms with van der Waals surface area (Å²) in [4.78, 5) is 4.65. The van der Waals surface area contributed by atoms with Crippen molar-refractivity contribution in [3.63, 3.8) is 0 Å². The molecule has 1 aliphatic rings. The minimum absolute atomic E-state index is 0.0503. The van der Waals surface area contributed by atoms with Gasteiger partial charge in [0.2, 0.25) is 0 Å². The Morgan fingerprint density at radius 2 is 2.33 bits per heavy atom. The first kappa shape index (κ1) is 13.7. The first-order valence-electron chi connectivity index (χ1n) is 5.98. The lowest BCUT2D eigenvalue weighted by molar-refractivity contribution is 0.443. The van der Waals surface area contributed by atoms with Gasteiger partial charge in [-0.25, -0.2) is 4.39 Å². The van der Waals surface area contributed by atoms with E-state index in [1.54, 1.807) is 23.9 Å². The Bertz CT molecular complexity index is 458. The van der Waals surface area contributed by atoms with Gasteiger partial charge in [0, 0.05) is 5.75 Å². The summed E-state index contributed by atoms with van der Waals surface area (Å²) in [5.74, 6) is 0.636. The zero-order valence-electron chi connectivity index (χ0n) is 10.5. The summed E-state index contributed by atoms with van der Waals surface area (Å²) < 4.78 is 13.7. The maximum absolute atomic E-state index is 13.7. The van der Waals surface area contributed by atoms with Crippen molar-refractivity contribution in [3.05, 3.63) is 29.0 Å². The Labute approximate surface area is 116 Å². The maximum Gasteiger partial charge on any atom is 0.161 e. The van der Waals surface area contributed by atoms with Crippen LogP contribution in [-0.2, 0) is 0 Å². The van der Waals surface area contributed by atoms with E-state index in [2.05, 4.69) is 24.2 Å². The molecule has 0 aromatic heterocycles. The molecule has 1 atom stereocenters. The van der Waals surface area contributed by atoms with Crippen molar-refractivity contribution in [3.8, 4) is 0 Å². The summed E-state index contributed by atoms with van der Waals surface area (Å²) >= 11 is 7.59. The summed E-state index contributed by atoms with van der Waals surface area (Å²) in [5, 5.41) is 4.14. The largest absolute Gasteiger partial charge is 0.331 e. The molecule has 1 aliphatic heterocycles. The second-order valence-corrected chi connectivity index (χ2v) is 6.08. The van der Waals surface area contributed by atoms with Crippen LogP contribution in [0.15, 0.2) is 23.2 Å². The number of amidine groups is 1. The van der Waals surface area contributed by atoms with Crippen molar-refractivity contribution in [1.29, 1.82) is 0 Å². The topological polar surface area (TPSA) is 24.4 Å². The van der Waals surface area contributed by atoms with E-state index in [4.69, 9.17) is 11.6 Å². The molecular formula is C13H16ClFN2S. The van der Waals surface area contributed by atoms with Gasteiger partial charge in [-0.05, 0) is 31.9 Å². The van der Waals surface area contributed by atoms with Gasteiger partial charge in [0.05, 0.1) is 16.2 Å². The van der Waals surface area contributed by atoms with Crippen LogP contribution in [0.25, 0.3) is 0 Å². The van der Waals surface area contributed by atoms with Gasteiger partial charge in [-0.3, -0.25) is 4.99 Å². The standard InChI is InChI=1S/C13H16ClFN2S/c1-3-13(2)7-8-18-12(17-13)16-11-9(14)5-4-6-10(11)15/h4-6H,3,7-8H2,1-2H3,(H,16,17). The molecule has 2 nitrogen and oxygen atoms in total. The smallest absolute Gasteiger partial charge is 0.161 e. The van der Waals surface area contributed by atoms with E-state index in [1.807, 2.05) is 0 Å². The predicted octanol–water partition coefficient (Wildman–Crippen LogP) is 4.55. The van der Waals surface area contributed by atoms with E-state index >= 15 is 0 Å². The number of hydrogen-bond acceptors (Lipinski definition) is 3. The molecule has 1 unspecified atom stereocenters. The second-order valence-electron chi connectivity index (χ2n) is 4.59. The zero-order valence-corrected chi connectivity index (χ0v) is 12.0. The first-order valence-corrected chi connectivity index (χ1v) is 7.34. The summed E-state index contributed by atoms with van der Waals surface area (Å²) in [6.45, 7) is 4.24. The highest BCUT2D eigenvalue weighted by molar-refractivity contribution is 8.14. The van der Waals surface area contributed by atoms with Gasteiger partial charge in [0.1, 0.15) is 5.82 Å². The molecule has 1 aromatic rings. The number of nitrogens with zero attached hydrogens (tertiary/aromatic N) is 1. The number of hydrogen-bond donors (Lipinski definition) is 1. The molecular weight excluding hydrogens is 271 g/mol. The van der Waals surface area contributed by atoms with Crippen molar-refractivity contribution in [1.82, 2.24) is 0 Å². The van der Waals surface area contributed by atoms with Gasteiger partial charge in [-0.1, -0.05) is 36.4 Å². The van der Waals surface area contributed by atoms with Crippen LogP contribution in [0.5, 0.6) is 0 Å². The highest BCUT2D eigenvalue weighted by atomic mass is 35.5. The third kappa shape index (κ3) is 2.98. The highest BCUT2D eigenvalue weighted by Gasteiger charge is 2.26. The van der Waals surface area contributed by atoms with Crippen LogP contribution in [0.3, 0.4) is 0 Å². The van der Waals surface area contributed by atoms with Gasteiger partial charge in [-0.15, -0.1) is 0 Å². The van der Waals surface area contributed by atoms with Crippen molar-refractivity contribution >= 4 is 34.2 Å². The van der Waals surface area contributed by atoms with Gasteiger partial charge < -0.3 is 5.32 Å². The Morgan fingerprint density at radius 3 is 3.00 bits per heavy atom. The molecule has 0 aliphatic carbocycles. The summed E-state index contributed by atoms with van der Waals surface area (Å²) in [5.41, 5.74) is 0.261. The van der Waals surface area contributed by atoms with Crippen LogP contribution < -0.4 is 5.32 Å². The monoisotopic (exact) mass is 286 g/mol. The number of halogens is 2. The summed E-state index contributed by atoms with van der Waals surface area (Å²) in [6, 6.07) is 4.65. The van der Waals surface area contributed by atoms with E-state index in [-0.39, 0.29) is 11.4 Å². The maximum atomic E-state index is 13.7. The van der Waals surface area contributed by atoms with E-state index in [9.17, 15) is 4.39 Å². The SMILES string of the molecule is CCC1(C)CCSC(Nc2c(F)cccc2Cl)=N1. The van der Waals surface area contributed by atoms with Crippen molar-refractivity contribution in [2.24, 2.45) is 4.99 Å². The molecule has 0 saturated heterocycles.